The summed E-state index contributed by atoms with van der Waals surface area (Å²) in [6.07, 6.45) is -9.49. The van der Waals surface area contributed by atoms with E-state index in [0.29, 0.717) is 10.8 Å². The van der Waals surface area contributed by atoms with Crippen LogP contribution in [0.25, 0.3) is 0 Å². The number of H-pyrrole nitrogens is 1. The van der Waals surface area contributed by atoms with Gasteiger partial charge < -0.3 is 14.2 Å². The maximum atomic E-state index is 14.7. The number of carbonyl (C=O) groups excluding carboxylic acids is 2. The first kappa shape index (κ1) is 19.7. The van der Waals surface area contributed by atoms with Crippen molar-refractivity contribution in [1.82, 2.24) is 9.55 Å². The lowest BCUT2D eigenvalue weighted by molar-refractivity contribution is -0.156. The summed E-state index contributed by atoms with van der Waals surface area (Å²) in [4.78, 5) is 47.0. The highest BCUT2D eigenvalue weighted by Gasteiger charge is 2.49. The molecule has 1 aliphatic heterocycles. The zero-order valence-corrected chi connectivity index (χ0v) is 13.6. The van der Waals surface area contributed by atoms with Gasteiger partial charge in [-0.15, -0.1) is 0 Å². The Kier molecular flexibility index (Phi) is 5.85. The van der Waals surface area contributed by atoms with Gasteiger partial charge in [0.25, 0.3) is 12.0 Å². The van der Waals surface area contributed by atoms with E-state index in [-0.39, 0.29) is 0 Å². The van der Waals surface area contributed by atoms with Crippen molar-refractivity contribution < 1.29 is 37.0 Å². The molecule has 144 valence electrons. The summed E-state index contributed by atoms with van der Waals surface area (Å²) >= 11 is 0. The van der Waals surface area contributed by atoms with Crippen LogP contribution in [0.4, 0.5) is 13.2 Å². The molecule has 1 aromatic rings. The number of aromatic amines is 1. The summed E-state index contributed by atoms with van der Waals surface area (Å²) in [6.45, 7) is 1.59. The first-order valence-corrected chi connectivity index (χ1v) is 7.35. The second kappa shape index (κ2) is 7.72. The Morgan fingerprint density at radius 2 is 1.96 bits per heavy atom. The number of hydrogen-bond donors (Lipinski definition) is 1. The molecule has 1 fully saturated rings. The third-order valence-electron chi connectivity index (χ3n) is 3.52. The lowest BCUT2D eigenvalue weighted by Crippen LogP contribution is -2.38. The van der Waals surface area contributed by atoms with Crippen LogP contribution in [-0.2, 0) is 23.8 Å². The Hall–Kier alpha value is -2.63. The molecule has 0 amide bonds. The van der Waals surface area contributed by atoms with Crippen LogP contribution in [0.2, 0.25) is 0 Å². The zero-order chi connectivity index (χ0) is 19.6. The quantitative estimate of drug-likeness (QED) is 0.726. The van der Waals surface area contributed by atoms with Gasteiger partial charge in [-0.1, -0.05) is 0 Å². The van der Waals surface area contributed by atoms with Crippen molar-refractivity contribution in [2.24, 2.45) is 0 Å². The first-order valence-electron chi connectivity index (χ1n) is 7.35. The molecular weight excluding hydrogens is 365 g/mol. The normalized spacial score (nSPS) is 25.3. The number of carbonyl (C=O) groups is 2. The van der Waals surface area contributed by atoms with Crippen LogP contribution >= 0.6 is 0 Å². The summed E-state index contributed by atoms with van der Waals surface area (Å²) in [5, 5.41) is 0. The summed E-state index contributed by atoms with van der Waals surface area (Å²) in [6, 6.07) is 0. The van der Waals surface area contributed by atoms with E-state index in [1.165, 1.54) is 0 Å². The molecule has 0 bridgehead atoms. The van der Waals surface area contributed by atoms with Crippen LogP contribution in [0.1, 0.15) is 32.1 Å². The third kappa shape index (κ3) is 4.12. The van der Waals surface area contributed by atoms with Gasteiger partial charge in [0.05, 0.1) is 5.56 Å². The average Bonchev–Trinajstić information content (AvgIpc) is 2.81. The lowest BCUT2D eigenvalue weighted by Gasteiger charge is -2.18. The third-order valence-corrected chi connectivity index (χ3v) is 3.52. The molecule has 0 saturated carbocycles. The molecule has 1 N–H and O–H groups in total. The van der Waals surface area contributed by atoms with Gasteiger partial charge in [0, 0.05) is 20.0 Å². The summed E-state index contributed by atoms with van der Waals surface area (Å²) in [5.41, 5.74) is -3.57. The number of hydrogen-bond acceptors (Lipinski definition) is 7. The van der Waals surface area contributed by atoms with Crippen LogP contribution in [0.5, 0.6) is 0 Å². The smallest absolute Gasteiger partial charge is 0.330 e. The van der Waals surface area contributed by atoms with Gasteiger partial charge in [-0.2, -0.15) is 0 Å². The molecule has 1 aliphatic rings. The van der Waals surface area contributed by atoms with Crippen LogP contribution in [-0.4, -0.2) is 46.5 Å². The molecule has 1 aromatic heterocycles. The fraction of sp³-hybridized carbons (Fsp3) is 0.571. The zero-order valence-electron chi connectivity index (χ0n) is 13.6. The van der Waals surface area contributed by atoms with E-state index in [9.17, 15) is 32.3 Å². The Labute approximate surface area is 143 Å². The minimum absolute atomic E-state index is 0.428. The molecule has 9 nitrogen and oxygen atoms in total. The minimum atomic E-state index is -3.22. The van der Waals surface area contributed by atoms with Crippen LogP contribution in [0.15, 0.2) is 15.8 Å². The SMILES string of the molecule is CC(=O)OC[C@H]1O[C@@H](n2cc(C(F)F)c(=O)[nH]c2=O)[C@@H](F)[C@@H]1OC(C)=O. The number of nitrogens with zero attached hydrogens (tertiary/aromatic N) is 1. The second-order valence-electron chi connectivity index (χ2n) is 5.44. The van der Waals surface area contributed by atoms with Crippen molar-refractivity contribution in [1.29, 1.82) is 0 Å². The molecule has 26 heavy (non-hydrogen) atoms. The highest BCUT2D eigenvalue weighted by atomic mass is 19.3. The molecule has 1 saturated heterocycles. The van der Waals surface area contributed by atoms with Crippen molar-refractivity contribution >= 4 is 11.9 Å². The standard InChI is InChI=1S/C14H15F3N2O7/c1-5(20)24-4-8-10(25-6(2)21)9(15)13(26-8)19-3-7(11(16)17)12(22)18-14(19)23/h3,8-11,13H,4H2,1-2H3,(H,18,22,23)/t8-,9+,10-,13-/m1/s1. The second-order valence-corrected chi connectivity index (χ2v) is 5.44. The number of esters is 2. The van der Waals surface area contributed by atoms with Crippen LogP contribution < -0.4 is 11.2 Å². The van der Waals surface area contributed by atoms with Crippen LogP contribution in [0.3, 0.4) is 0 Å². The van der Waals surface area contributed by atoms with Gasteiger partial charge >= 0.3 is 17.6 Å². The first-order chi connectivity index (χ1) is 12.1. The predicted molar refractivity (Wildman–Crippen MR) is 77.3 cm³/mol. The van der Waals surface area contributed by atoms with E-state index in [4.69, 9.17) is 14.2 Å². The number of alkyl halides is 3. The summed E-state index contributed by atoms with van der Waals surface area (Å²) < 4.78 is 55.6. The molecule has 2 rings (SSSR count). The van der Waals surface area contributed by atoms with Gasteiger partial charge in [-0.3, -0.25) is 23.9 Å². The monoisotopic (exact) mass is 380 g/mol. The highest BCUT2D eigenvalue weighted by Crippen LogP contribution is 2.33. The largest absolute Gasteiger partial charge is 0.463 e. The van der Waals surface area contributed by atoms with E-state index < -0.39 is 66.4 Å². The summed E-state index contributed by atoms with van der Waals surface area (Å²) in [7, 11) is 0. The number of rotatable bonds is 5. The minimum Gasteiger partial charge on any atom is -0.463 e. The van der Waals surface area contributed by atoms with Crippen molar-refractivity contribution in [3.63, 3.8) is 0 Å². The maximum Gasteiger partial charge on any atom is 0.330 e. The van der Waals surface area contributed by atoms with Gasteiger partial charge in [-0.05, 0) is 0 Å². The molecule has 0 unspecified atom stereocenters. The fourth-order valence-corrected chi connectivity index (χ4v) is 2.43. The Balaban J connectivity index is 2.39. The van der Waals surface area contributed by atoms with E-state index in [2.05, 4.69) is 0 Å². The highest BCUT2D eigenvalue weighted by molar-refractivity contribution is 5.66. The molecule has 0 spiro atoms. The Morgan fingerprint density at radius 3 is 2.50 bits per heavy atom. The van der Waals surface area contributed by atoms with Gasteiger partial charge in [0.2, 0.25) is 0 Å². The molecule has 2 heterocycles. The van der Waals surface area contributed by atoms with Crippen molar-refractivity contribution in [2.45, 2.75) is 44.9 Å². The number of ether oxygens (including phenoxy) is 3. The number of aromatic nitrogens is 2. The molecule has 0 aromatic carbocycles. The van der Waals surface area contributed by atoms with E-state index in [0.717, 1.165) is 13.8 Å². The fourth-order valence-electron chi connectivity index (χ4n) is 2.43. The Morgan fingerprint density at radius 1 is 1.31 bits per heavy atom. The van der Waals surface area contributed by atoms with Crippen LogP contribution in [0, 0.1) is 0 Å². The van der Waals surface area contributed by atoms with E-state index in [1.54, 1.807) is 4.98 Å². The Bertz CT molecular complexity index is 806. The average molecular weight is 380 g/mol. The van der Waals surface area contributed by atoms with Crippen molar-refractivity contribution in [2.75, 3.05) is 6.61 Å². The topological polar surface area (TPSA) is 117 Å². The van der Waals surface area contributed by atoms with Gasteiger partial charge in [0.1, 0.15) is 12.7 Å². The predicted octanol–water partition coefficient (Wildman–Crippen LogP) is 0.204. The number of nitrogens with one attached hydrogen (secondary N) is 1. The molecular formula is C14H15F3N2O7. The number of halogens is 3. The van der Waals surface area contributed by atoms with Gasteiger partial charge in [0.15, 0.2) is 18.5 Å². The lowest BCUT2D eigenvalue weighted by atomic mass is 10.1. The van der Waals surface area contributed by atoms with Crippen molar-refractivity contribution in [3.8, 4) is 0 Å². The molecule has 4 atom stereocenters. The van der Waals surface area contributed by atoms with Crippen molar-refractivity contribution in [3.05, 3.63) is 32.6 Å². The van der Waals surface area contributed by atoms with E-state index in [1.807, 2.05) is 0 Å². The van der Waals surface area contributed by atoms with Gasteiger partial charge in [-0.25, -0.2) is 18.0 Å². The maximum absolute atomic E-state index is 14.7. The van der Waals surface area contributed by atoms with E-state index >= 15 is 0 Å². The molecule has 0 radical (unpaired) electrons. The molecule has 0 aliphatic carbocycles. The molecule has 12 heteroatoms. The summed E-state index contributed by atoms with van der Waals surface area (Å²) in [5.74, 6) is -1.58.